The zero-order valence-electron chi connectivity index (χ0n) is 20.5. The molecule has 2 heteroatoms. The van der Waals surface area contributed by atoms with Crippen molar-refractivity contribution in [3.63, 3.8) is 0 Å². The summed E-state index contributed by atoms with van der Waals surface area (Å²) in [4.78, 5) is 0. The van der Waals surface area contributed by atoms with Crippen molar-refractivity contribution in [1.29, 1.82) is 0 Å². The van der Waals surface area contributed by atoms with Crippen molar-refractivity contribution in [2.45, 2.75) is 0 Å². The molecular weight excluding hydrogens is 448 g/mol. The third-order valence-electron chi connectivity index (χ3n) is 7.92. The largest absolute Gasteiger partial charge is 0.344 e. The summed E-state index contributed by atoms with van der Waals surface area (Å²) in [6, 6.07) is 46.3. The van der Waals surface area contributed by atoms with Crippen LogP contribution in [0.3, 0.4) is 0 Å². The van der Waals surface area contributed by atoms with Gasteiger partial charge in [0.25, 0.3) is 0 Å². The van der Waals surface area contributed by atoms with E-state index in [-0.39, 0.29) is 0 Å². The normalized spacial score (nSPS) is 11.9. The van der Waals surface area contributed by atoms with Crippen LogP contribution in [0.5, 0.6) is 0 Å². The van der Waals surface area contributed by atoms with Crippen LogP contribution in [0.25, 0.3) is 71.2 Å². The highest BCUT2D eigenvalue weighted by molar-refractivity contribution is 6.24. The highest BCUT2D eigenvalue weighted by Gasteiger charge is 2.17. The number of benzene rings is 6. The predicted octanol–water partition coefficient (Wildman–Crippen LogP) is 9.25. The first-order chi connectivity index (χ1) is 18.3. The Morgan fingerprint density at radius 2 is 1.16 bits per heavy atom. The van der Waals surface area contributed by atoms with Crippen LogP contribution in [0.4, 0.5) is 0 Å². The second-order valence-corrected chi connectivity index (χ2v) is 9.86. The molecule has 8 rings (SSSR count). The lowest BCUT2D eigenvalue weighted by atomic mass is 9.96. The van der Waals surface area contributed by atoms with Crippen LogP contribution >= 0.6 is 0 Å². The Morgan fingerprint density at radius 1 is 0.459 bits per heavy atom. The molecule has 0 saturated carbocycles. The number of hydrogen-bond donors (Lipinski definition) is 0. The van der Waals surface area contributed by atoms with Crippen LogP contribution in [-0.4, -0.2) is 9.13 Å². The summed E-state index contributed by atoms with van der Waals surface area (Å²) in [5.74, 6) is 0. The fourth-order valence-electron chi connectivity index (χ4n) is 6.25. The maximum Gasteiger partial charge on any atom is 0.0547 e. The SMILES string of the molecule is Cn1c2cccc(-c3ccc4c5ccccc5n(-c5ccccc5)c4c3)c2c2c3ccccc3ccc21. The molecule has 2 heterocycles. The number of fused-ring (bicyclic) bond motifs is 8. The first-order valence-electron chi connectivity index (χ1n) is 12.8. The lowest BCUT2D eigenvalue weighted by molar-refractivity contribution is 1.01. The Bertz CT molecular complexity index is 2140. The van der Waals surface area contributed by atoms with Gasteiger partial charge in [-0.2, -0.15) is 0 Å². The smallest absolute Gasteiger partial charge is 0.0547 e. The van der Waals surface area contributed by atoms with Crippen molar-refractivity contribution >= 4 is 54.4 Å². The van der Waals surface area contributed by atoms with E-state index in [0.29, 0.717) is 0 Å². The van der Waals surface area contributed by atoms with Crippen molar-refractivity contribution in [2.75, 3.05) is 0 Å². The van der Waals surface area contributed by atoms with E-state index in [1.165, 1.54) is 71.2 Å². The molecule has 37 heavy (non-hydrogen) atoms. The lowest BCUT2D eigenvalue weighted by Gasteiger charge is -2.10. The number of rotatable bonds is 2. The Hall–Kier alpha value is -4.82. The van der Waals surface area contributed by atoms with Gasteiger partial charge in [0.05, 0.1) is 11.0 Å². The zero-order chi connectivity index (χ0) is 24.5. The third-order valence-corrected chi connectivity index (χ3v) is 7.92. The molecule has 2 aromatic heterocycles. The monoisotopic (exact) mass is 472 g/mol. The van der Waals surface area contributed by atoms with Gasteiger partial charge in [-0.1, -0.05) is 91.0 Å². The van der Waals surface area contributed by atoms with E-state index >= 15 is 0 Å². The molecule has 0 bridgehead atoms. The van der Waals surface area contributed by atoms with Gasteiger partial charge in [0, 0.05) is 45.3 Å². The highest BCUT2D eigenvalue weighted by Crippen LogP contribution is 2.41. The van der Waals surface area contributed by atoms with Crippen LogP contribution in [0.1, 0.15) is 0 Å². The first-order valence-corrected chi connectivity index (χ1v) is 12.8. The van der Waals surface area contributed by atoms with E-state index in [1.54, 1.807) is 0 Å². The predicted molar refractivity (Wildman–Crippen MR) is 158 cm³/mol. The maximum atomic E-state index is 2.40. The van der Waals surface area contributed by atoms with E-state index in [1.807, 2.05) is 0 Å². The van der Waals surface area contributed by atoms with E-state index in [4.69, 9.17) is 0 Å². The molecule has 0 unspecified atom stereocenters. The van der Waals surface area contributed by atoms with Gasteiger partial charge in [-0.15, -0.1) is 0 Å². The molecular formula is C35H24N2. The summed E-state index contributed by atoms with van der Waals surface area (Å²) in [6.45, 7) is 0. The second kappa shape index (κ2) is 7.59. The van der Waals surface area contributed by atoms with E-state index in [2.05, 4.69) is 144 Å². The minimum Gasteiger partial charge on any atom is -0.344 e. The molecule has 0 aliphatic heterocycles. The molecule has 0 radical (unpaired) electrons. The molecule has 0 atom stereocenters. The van der Waals surface area contributed by atoms with Gasteiger partial charge in [0.1, 0.15) is 0 Å². The topological polar surface area (TPSA) is 9.86 Å². The zero-order valence-corrected chi connectivity index (χ0v) is 20.5. The summed E-state index contributed by atoms with van der Waals surface area (Å²) in [7, 11) is 2.18. The number of aromatic nitrogens is 2. The number of hydrogen-bond acceptors (Lipinski definition) is 0. The molecule has 0 spiro atoms. The highest BCUT2D eigenvalue weighted by atomic mass is 15.0. The van der Waals surface area contributed by atoms with Gasteiger partial charge in [0.15, 0.2) is 0 Å². The molecule has 0 aliphatic rings. The molecule has 2 nitrogen and oxygen atoms in total. The van der Waals surface area contributed by atoms with Gasteiger partial charge in [-0.05, 0) is 58.3 Å². The van der Waals surface area contributed by atoms with Crippen molar-refractivity contribution in [1.82, 2.24) is 9.13 Å². The molecule has 0 saturated heterocycles. The first kappa shape index (κ1) is 20.4. The quantitative estimate of drug-likeness (QED) is 0.237. The maximum absolute atomic E-state index is 2.40. The third kappa shape index (κ3) is 2.81. The van der Waals surface area contributed by atoms with Crippen LogP contribution < -0.4 is 0 Å². The summed E-state index contributed by atoms with van der Waals surface area (Å²) < 4.78 is 4.73. The summed E-state index contributed by atoms with van der Waals surface area (Å²) in [6.07, 6.45) is 0. The van der Waals surface area contributed by atoms with Gasteiger partial charge in [-0.25, -0.2) is 0 Å². The molecule has 0 fully saturated rings. The van der Waals surface area contributed by atoms with E-state index in [9.17, 15) is 0 Å². The average Bonchev–Trinajstić information content (AvgIpc) is 3.45. The van der Waals surface area contributed by atoms with Gasteiger partial charge < -0.3 is 9.13 Å². The van der Waals surface area contributed by atoms with Crippen molar-refractivity contribution in [3.8, 4) is 16.8 Å². The van der Waals surface area contributed by atoms with Crippen molar-refractivity contribution < 1.29 is 0 Å². The number of aryl methyl sites for hydroxylation is 1. The molecule has 174 valence electrons. The van der Waals surface area contributed by atoms with Gasteiger partial charge in [-0.3, -0.25) is 0 Å². The fraction of sp³-hybridized carbons (Fsp3) is 0.0286. The Balaban J connectivity index is 1.50. The molecule has 0 N–H and O–H groups in total. The Morgan fingerprint density at radius 3 is 2.05 bits per heavy atom. The molecule has 8 aromatic rings. The van der Waals surface area contributed by atoms with E-state index < -0.39 is 0 Å². The molecule has 0 aliphatic carbocycles. The molecule has 0 amide bonds. The number of nitrogens with zero attached hydrogens (tertiary/aromatic N) is 2. The van der Waals surface area contributed by atoms with Crippen LogP contribution in [-0.2, 0) is 7.05 Å². The minimum atomic E-state index is 1.18. The van der Waals surface area contributed by atoms with Crippen LogP contribution in [0, 0.1) is 0 Å². The minimum absolute atomic E-state index is 1.18. The summed E-state index contributed by atoms with van der Waals surface area (Å²) in [5, 5.41) is 7.78. The molecule has 6 aromatic carbocycles. The summed E-state index contributed by atoms with van der Waals surface area (Å²) in [5.41, 5.74) is 8.67. The van der Waals surface area contributed by atoms with Gasteiger partial charge in [0.2, 0.25) is 0 Å². The average molecular weight is 473 g/mol. The lowest BCUT2D eigenvalue weighted by Crippen LogP contribution is -1.93. The van der Waals surface area contributed by atoms with E-state index in [0.717, 1.165) is 0 Å². The Kier molecular flexibility index (Phi) is 4.18. The fourth-order valence-corrected chi connectivity index (χ4v) is 6.25. The van der Waals surface area contributed by atoms with Crippen LogP contribution in [0.15, 0.2) is 127 Å². The van der Waals surface area contributed by atoms with Crippen molar-refractivity contribution in [3.05, 3.63) is 127 Å². The second-order valence-electron chi connectivity index (χ2n) is 9.86. The number of para-hydroxylation sites is 2. The summed E-state index contributed by atoms with van der Waals surface area (Å²) >= 11 is 0. The van der Waals surface area contributed by atoms with Crippen molar-refractivity contribution in [2.24, 2.45) is 7.05 Å². The standard InChI is InChI=1S/C35H24N2/c1-36-31-17-9-15-27(35(31)34-26-13-6-5-10-23(26)19-21-32(34)36)24-18-20-29-28-14-7-8-16-30(28)37(33(29)22-24)25-11-3-2-4-12-25/h2-22H,1H3. The Labute approximate surface area is 214 Å². The van der Waals surface area contributed by atoms with Gasteiger partial charge >= 0.3 is 0 Å². The van der Waals surface area contributed by atoms with Crippen LogP contribution in [0.2, 0.25) is 0 Å².